The van der Waals surface area contributed by atoms with E-state index in [0.29, 0.717) is 11.1 Å². The van der Waals surface area contributed by atoms with Crippen LogP contribution in [0.25, 0.3) is 0 Å². The summed E-state index contributed by atoms with van der Waals surface area (Å²) in [5.74, 6) is -2.48. The minimum Gasteiger partial charge on any atom is -0.481 e. The summed E-state index contributed by atoms with van der Waals surface area (Å²) in [7, 11) is 0. The van der Waals surface area contributed by atoms with Crippen LogP contribution in [0.1, 0.15) is 44.7 Å². The average Bonchev–Trinajstić information content (AvgIpc) is 2.54. The van der Waals surface area contributed by atoms with Gasteiger partial charge in [-0.3, -0.25) is 14.4 Å². The minimum atomic E-state index is -1.09. The van der Waals surface area contributed by atoms with Gasteiger partial charge >= 0.3 is 5.97 Å². The molecule has 1 atom stereocenters. The van der Waals surface area contributed by atoms with Crippen LogP contribution in [-0.4, -0.2) is 22.6 Å². The maximum Gasteiger partial charge on any atom is 0.304 e. The van der Waals surface area contributed by atoms with Crippen molar-refractivity contribution in [1.82, 2.24) is 0 Å². The predicted molar refractivity (Wildman–Crippen MR) is 91.4 cm³/mol. The summed E-state index contributed by atoms with van der Waals surface area (Å²) in [4.78, 5) is 36.1. The monoisotopic (exact) mass is 324 g/mol. The number of hydrogen-bond acceptors (Lipinski definition) is 3. The van der Waals surface area contributed by atoms with Gasteiger partial charge in [-0.1, -0.05) is 59.7 Å². The van der Waals surface area contributed by atoms with Gasteiger partial charge in [-0.05, 0) is 13.8 Å². The highest BCUT2D eigenvalue weighted by molar-refractivity contribution is 6.04. The third-order valence-corrected chi connectivity index (χ3v) is 3.93. The van der Waals surface area contributed by atoms with Crippen molar-refractivity contribution in [2.45, 2.75) is 26.7 Å². The van der Waals surface area contributed by atoms with Crippen molar-refractivity contribution in [2.24, 2.45) is 5.92 Å². The summed E-state index contributed by atoms with van der Waals surface area (Å²) in [5, 5.41) is 9.08. The summed E-state index contributed by atoms with van der Waals surface area (Å²) >= 11 is 0. The largest absolute Gasteiger partial charge is 0.481 e. The lowest BCUT2D eigenvalue weighted by atomic mass is 9.88. The second kappa shape index (κ2) is 7.68. The van der Waals surface area contributed by atoms with Gasteiger partial charge in [-0.2, -0.15) is 0 Å². The summed E-state index contributed by atoms with van der Waals surface area (Å²) in [5.41, 5.74) is 2.97. The van der Waals surface area contributed by atoms with E-state index in [4.69, 9.17) is 5.11 Å². The molecule has 1 unspecified atom stereocenters. The van der Waals surface area contributed by atoms with Crippen LogP contribution in [0.3, 0.4) is 0 Å². The fourth-order valence-electron chi connectivity index (χ4n) is 2.50. The van der Waals surface area contributed by atoms with E-state index < -0.39 is 11.9 Å². The highest BCUT2D eigenvalue weighted by Crippen LogP contribution is 2.20. The van der Waals surface area contributed by atoms with Crippen LogP contribution in [0.15, 0.2) is 48.5 Å². The van der Waals surface area contributed by atoms with E-state index in [-0.39, 0.29) is 24.4 Å². The van der Waals surface area contributed by atoms with Crippen LogP contribution in [0.4, 0.5) is 0 Å². The van der Waals surface area contributed by atoms with Crippen molar-refractivity contribution in [1.29, 1.82) is 0 Å². The molecule has 0 bridgehead atoms. The summed E-state index contributed by atoms with van der Waals surface area (Å²) < 4.78 is 0. The zero-order valence-corrected chi connectivity index (χ0v) is 13.8. The molecule has 24 heavy (non-hydrogen) atoms. The van der Waals surface area contributed by atoms with Gasteiger partial charge in [0, 0.05) is 23.5 Å². The van der Waals surface area contributed by atoms with Crippen LogP contribution in [-0.2, 0) is 4.79 Å². The second-order valence-corrected chi connectivity index (χ2v) is 6.02. The van der Waals surface area contributed by atoms with E-state index in [1.165, 1.54) is 0 Å². The van der Waals surface area contributed by atoms with Crippen molar-refractivity contribution in [3.63, 3.8) is 0 Å². The fraction of sp³-hybridized carbons (Fsp3) is 0.250. The topological polar surface area (TPSA) is 71.4 Å². The van der Waals surface area contributed by atoms with E-state index >= 15 is 0 Å². The first-order valence-corrected chi connectivity index (χ1v) is 7.79. The third-order valence-electron chi connectivity index (χ3n) is 3.93. The maximum atomic E-state index is 12.6. The van der Waals surface area contributed by atoms with Crippen molar-refractivity contribution < 1.29 is 19.5 Å². The number of hydrogen-bond donors (Lipinski definition) is 1. The van der Waals surface area contributed by atoms with Gasteiger partial charge in [0.2, 0.25) is 0 Å². The van der Waals surface area contributed by atoms with E-state index in [0.717, 1.165) is 11.1 Å². The Morgan fingerprint density at radius 2 is 1.25 bits per heavy atom. The molecule has 2 aromatic carbocycles. The van der Waals surface area contributed by atoms with Crippen LogP contribution >= 0.6 is 0 Å². The Kier molecular flexibility index (Phi) is 5.64. The summed E-state index contributed by atoms with van der Waals surface area (Å²) in [6, 6.07) is 14.0. The number of carbonyl (C=O) groups excluding carboxylic acids is 2. The number of Topliss-reactive ketones (excluding diaryl/α,β-unsaturated/α-hetero) is 2. The molecule has 0 saturated carbocycles. The Morgan fingerprint density at radius 3 is 1.71 bits per heavy atom. The molecule has 1 N–H and O–H groups in total. The Hall–Kier alpha value is -2.75. The number of ketones is 2. The Labute approximate surface area is 141 Å². The zero-order valence-electron chi connectivity index (χ0n) is 13.8. The standard InChI is InChI=1S/C20H20O4/c1-13-3-7-15(8-4-13)18(21)11-17(12-19(22)23)20(24)16-9-5-14(2)6-10-16/h3-10,17H,11-12H2,1-2H3,(H,22,23). The van der Waals surface area contributed by atoms with Crippen LogP contribution in [0.2, 0.25) is 0 Å². The van der Waals surface area contributed by atoms with Gasteiger partial charge in [0.05, 0.1) is 6.42 Å². The molecule has 0 heterocycles. The molecular formula is C20H20O4. The number of aryl methyl sites for hydroxylation is 2. The molecule has 2 aromatic rings. The normalized spacial score (nSPS) is 11.8. The molecule has 0 aliphatic rings. The maximum absolute atomic E-state index is 12.6. The fourth-order valence-corrected chi connectivity index (χ4v) is 2.50. The van der Waals surface area contributed by atoms with E-state index in [9.17, 15) is 14.4 Å². The molecule has 0 aliphatic heterocycles. The summed E-state index contributed by atoms with van der Waals surface area (Å²) in [6.07, 6.45) is -0.466. The first-order chi connectivity index (χ1) is 11.4. The van der Waals surface area contributed by atoms with Crippen molar-refractivity contribution in [3.8, 4) is 0 Å². The summed E-state index contributed by atoms with van der Waals surface area (Å²) in [6.45, 7) is 3.83. The molecule has 0 amide bonds. The first-order valence-electron chi connectivity index (χ1n) is 7.79. The second-order valence-electron chi connectivity index (χ2n) is 6.02. The lowest BCUT2D eigenvalue weighted by Crippen LogP contribution is -2.22. The van der Waals surface area contributed by atoms with Crippen molar-refractivity contribution in [2.75, 3.05) is 0 Å². The number of rotatable bonds is 7. The number of benzene rings is 2. The molecule has 4 nitrogen and oxygen atoms in total. The van der Waals surface area contributed by atoms with Gasteiger partial charge in [0.25, 0.3) is 0 Å². The minimum absolute atomic E-state index is 0.109. The van der Waals surface area contributed by atoms with Crippen LogP contribution in [0, 0.1) is 19.8 Å². The number of carbonyl (C=O) groups is 3. The van der Waals surface area contributed by atoms with E-state index in [2.05, 4.69) is 0 Å². The Bertz CT molecular complexity index is 742. The smallest absolute Gasteiger partial charge is 0.304 e. The van der Waals surface area contributed by atoms with Gasteiger partial charge in [0.15, 0.2) is 11.6 Å². The van der Waals surface area contributed by atoms with Gasteiger partial charge in [-0.25, -0.2) is 0 Å². The van der Waals surface area contributed by atoms with Crippen LogP contribution < -0.4 is 0 Å². The van der Waals surface area contributed by atoms with Crippen molar-refractivity contribution >= 4 is 17.5 Å². The Morgan fingerprint density at radius 1 is 0.792 bits per heavy atom. The molecule has 0 aromatic heterocycles. The molecule has 124 valence electrons. The molecule has 0 radical (unpaired) electrons. The molecule has 0 fully saturated rings. The first kappa shape index (κ1) is 17.6. The molecule has 0 aliphatic carbocycles. The lowest BCUT2D eigenvalue weighted by Gasteiger charge is -2.13. The quantitative estimate of drug-likeness (QED) is 0.785. The SMILES string of the molecule is Cc1ccc(C(=O)CC(CC(=O)O)C(=O)c2ccc(C)cc2)cc1. The number of carboxylic acid groups (broad SMARTS) is 1. The van der Waals surface area contributed by atoms with E-state index in [1.54, 1.807) is 36.4 Å². The number of aliphatic carboxylic acids is 1. The molecule has 4 heteroatoms. The predicted octanol–water partition coefficient (Wildman–Crippen LogP) is 3.85. The molecule has 0 spiro atoms. The molecule has 2 rings (SSSR count). The highest BCUT2D eigenvalue weighted by Gasteiger charge is 2.26. The molecule has 0 saturated heterocycles. The zero-order chi connectivity index (χ0) is 17.7. The number of carboxylic acids is 1. The highest BCUT2D eigenvalue weighted by atomic mass is 16.4. The average molecular weight is 324 g/mol. The van der Waals surface area contributed by atoms with Gasteiger partial charge in [-0.15, -0.1) is 0 Å². The Balaban J connectivity index is 2.19. The third kappa shape index (κ3) is 4.62. The molecular weight excluding hydrogens is 304 g/mol. The van der Waals surface area contributed by atoms with Gasteiger partial charge in [0.1, 0.15) is 0 Å². The van der Waals surface area contributed by atoms with Crippen LogP contribution in [0.5, 0.6) is 0 Å². The van der Waals surface area contributed by atoms with Crippen molar-refractivity contribution in [3.05, 3.63) is 70.8 Å². The lowest BCUT2D eigenvalue weighted by molar-refractivity contribution is -0.137. The van der Waals surface area contributed by atoms with E-state index in [1.807, 2.05) is 26.0 Å². The van der Waals surface area contributed by atoms with Gasteiger partial charge < -0.3 is 5.11 Å².